The van der Waals surface area contributed by atoms with Gasteiger partial charge in [0.15, 0.2) is 11.3 Å². The molecule has 0 radical (unpaired) electrons. The molecule has 2 aromatic heterocycles. The first-order chi connectivity index (χ1) is 17.3. The van der Waals surface area contributed by atoms with Gasteiger partial charge in [-0.1, -0.05) is 13.8 Å². The lowest BCUT2D eigenvalue weighted by atomic mass is 9.49. The number of ether oxygens (including phenoxy) is 3. The molecule has 0 aromatic carbocycles. The topological polar surface area (TPSA) is 75.0 Å². The first-order valence-electron chi connectivity index (χ1n) is 14.2. The number of hydrogen-bond donors (Lipinski definition) is 0. The van der Waals surface area contributed by atoms with Crippen LogP contribution in [0, 0.1) is 53.3 Å². The maximum absolute atomic E-state index is 13.7. The van der Waals surface area contributed by atoms with Crippen LogP contribution in [-0.2, 0) is 20.7 Å². The number of aryl methyl sites for hydroxylation is 1. The summed E-state index contributed by atoms with van der Waals surface area (Å²) in [6.45, 7) is 6.94. The zero-order valence-corrected chi connectivity index (χ0v) is 21.3. The number of benzene rings is 1. The van der Waals surface area contributed by atoms with E-state index in [9.17, 15) is 9.59 Å². The van der Waals surface area contributed by atoms with Gasteiger partial charge in [0.05, 0.1) is 6.10 Å². The Morgan fingerprint density at radius 1 is 1.03 bits per heavy atom. The molecule has 6 heteroatoms. The van der Waals surface area contributed by atoms with Crippen molar-refractivity contribution in [3.05, 3.63) is 16.7 Å². The van der Waals surface area contributed by atoms with E-state index in [0.717, 1.165) is 53.2 Å². The fraction of sp³-hybridized carbons (Fsp3) is 0.733. The van der Waals surface area contributed by atoms with Crippen molar-refractivity contribution in [1.29, 1.82) is 0 Å². The Balaban J connectivity index is 1.03. The molecule has 2 aromatic rings. The normalized spacial score (nSPS) is 49.5. The van der Waals surface area contributed by atoms with Gasteiger partial charge < -0.3 is 18.6 Å². The number of carbonyl (C=O) groups excluding carboxylic acids is 2. The highest BCUT2D eigenvalue weighted by atomic mass is 16.6. The van der Waals surface area contributed by atoms with Crippen molar-refractivity contribution in [2.75, 3.05) is 0 Å². The van der Waals surface area contributed by atoms with Crippen molar-refractivity contribution in [3.8, 4) is 5.75 Å². The summed E-state index contributed by atoms with van der Waals surface area (Å²) in [5.41, 5.74) is 3.45. The zero-order valence-electron chi connectivity index (χ0n) is 21.3. The number of furan rings is 2. The van der Waals surface area contributed by atoms with Crippen LogP contribution in [0.4, 0.5) is 0 Å². The van der Waals surface area contributed by atoms with Crippen LogP contribution in [0.3, 0.4) is 0 Å². The molecule has 8 bridgehead atoms. The molecule has 0 amide bonds. The monoisotopic (exact) mass is 490 g/mol. The minimum Gasteiger partial charge on any atom is -0.459 e. The average Bonchev–Trinajstić information content (AvgIpc) is 3.61. The predicted octanol–water partition coefficient (Wildman–Crippen LogP) is 5.44. The van der Waals surface area contributed by atoms with Gasteiger partial charge in [0, 0.05) is 17.0 Å². The summed E-state index contributed by atoms with van der Waals surface area (Å²) in [7, 11) is 0. The zero-order chi connectivity index (χ0) is 24.3. The lowest BCUT2D eigenvalue weighted by molar-refractivity contribution is -0.152. The van der Waals surface area contributed by atoms with E-state index in [4.69, 9.17) is 18.6 Å². The van der Waals surface area contributed by atoms with E-state index >= 15 is 0 Å². The van der Waals surface area contributed by atoms with E-state index in [-0.39, 0.29) is 41.6 Å². The van der Waals surface area contributed by atoms with Crippen molar-refractivity contribution in [2.24, 2.45) is 46.3 Å². The molecule has 6 heterocycles. The molecule has 11 atom stereocenters. The molecule has 7 unspecified atom stereocenters. The summed E-state index contributed by atoms with van der Waals surface area (Å²) in [4.78, 5) is 26.2. The molecular weight excluding hydrogens is 456 g/mol. The number of carbonyl (C=O) groups is 2. The lowest BCUT2D eigenvalue weighted by Gasteiger charge is -2.54. The molecule has 3 saturated heterocycles. The van der Waals surface area contributed by atoms with Crippen molar-refractivity contribution in [3.63, 3.8) is 0 Å². The summed E-state index contributed by atoms with van der Waals surface area (Å²) in [5, 5.41) is 0. The number of rotatable bonds is 4. The van der Waals surface area contributed by atoms with Crippen LogP contribution in [-0.4, -0.2) is 30.3 Å². The molecular formula is C30H34O6. The molecule has 8 aliphatic rings. The average molecular weight is 491 g/mol. The third-order valence-electron chi connectivity index (χ3n) is 12.5. The highest BCUT2D eigenvalue weighted by Gasteiger charge is 2.73. The second-order valence-electron chi connectivity index (χ2n) is 14.0. The van der Waals surface area contributed by atoms with Gasteiger partial charge in [-0.15, -0.1) is 0 Å². The number of esters is 2. The quantitative estimate of drug-likeness (QED) is 0.531. The highest BCUT2D eigenvalue weighted by Crippen LogP contribution is 2.68. The van der Waals surface area contributed by atoms with Crippen LogP contribution < -0.4 is 4.74 Å². The van der Waals surface area contributed by atoms with Crippen LogP contribution in [0.25, 0.3) is 11.2 Å². The van der Waals surface area contributed by atoms with Gasteiger partial charge in [-0.25, -0.2) is 4.79 Å². The van der Waals surface area contributed by atoms with Gasteiger partial charge in [0.2, 0.25) is 0 Å². The third kappa shape index (κ3) is 2.23. The molecule has 4 aliphatic carbocycles. The van der Waals surface area contributed by atoms with Crippen molar-refractivity contribution in [2.45, 2.75) is 90.4 Å². The van der Waals surface area contributed by atoms with E-state index in [2.05, 4.69) is 13.8 Å². The standard InChI is InChI=1S/C30H34O6/c1-12-4-16-6-14-5-15(12)8-17(7-14)29(16,3)11-30-10-20-18(24(26(30)33-20)36-28(30)32)9-19-21-25-23(35-27(21)31)13(2)22(19)34-25/h12,14-18,20,24,26H,4-11H2,1-3H3/t12-,14?,15?,16?,17?,18+,20?,24?,26?,29-,30-/m0/s1. The summed E-state index contributed by atoms with van der Waals surface area (Å²) in [6.07, 6.45) is 8.72. The van der Waals surface area contributed by atoms with Gasteiger partial charge in [0.25, 0.3) is 0 Å². The van der Waals surface area contributed by atoms with Gasteiger partial charge >= 0.3 is 11.9 Å². The van der Waals surface area contributed by atoms with Gasteiger partial charge in [-0.05, 0) is 93.3 Å². The fourth-order valence-corrected chi connectivity index (χ4v) is 10.8. The lowest BCUT2D eigenvalue weighted by Crippen LogP contribution is -2.50. The summed E-state index contributed by atoms with van der Waals surface area (Å²) in [5.74, 6) is 4.32. The summed E-state index contributed by atoms with van der Waals surface area (Å²) >= 11 is 0. The Bertz CT molecular complexity index is 1340. The molecule has 4 aliphatic heterocycles. The predicted molar refractivity (Wildman–Crippen MR) is 129 cm³/mol. The molecule has 4 saturated carbocycles. The second kappa shape index (κ2) is 6.31. The van der Waals surface area contributed by atoms with E-state index in [1.807, 2.05) is 6.92 Å². The smallest absolute Gasteiger partial charge is 0.348 e. The molecule has 7 fully saturated rings. The summed E-state index contributed by atoms with van der Waals surface area (Å²) in [6, 6.07) is 0. The third-order valence-corrected chi connectivity index (χ3v) is 12.5. The van der Waals surface area contributed by atoms with Gasteiger partial charge in [0.1, 0.15) is 28.8 Å². The molecule has 6 nitrogen and oxygen atoms in total. The Labute approximate surface area is 210 Å². The first-order valence-corrected chi connectivity index (χ1v) is 14.2. The Hall–Kier alpha value is -2.08. The Kier molecular flexibility index (Phi) is 3.67. The van der Waals surface area contributed by atoms with Crippen molar-refractivity contribution < 1.29 is 28.2 Å². The molecule has 190 valence electrons. The van der Waals surface area contributed by atoms with Crippen LogP contribution in [0.5, 0.6) is 5.75 Å². The highest BCUT2D eigenvalue weighted by molar-refractivity contribution is 6.11. The maximum Gasteiger partial charge on any atom is 0.348 e. The minimum absolute atomic E-state index is 0.00741. The maximum atomic E-state index is 13.7. The van der Waals surface area contributed by atoms with Crippen LogP contribution >= 0.6 is 0 Å². The van der Waals surface area contributed by atoms with Crippen LogP contribution in [0.1, 0.15) is 80.3 Å². The SMILES string of the molecule is Cc1c2c3oc1c(C[C@@H]1C4C[C@@]5(C[C@]6(C)C7CC8CC(C7)[C@@H](C)CC6C8)C(=O)OC1C5O4)c3C(=O)O2. The first kappa shape index (κ1) is 20.9. The van der Waals surface area contributed by atoms with E-state index < -0.39 is 5.41 Å². The Morgan fingerprint density at radius 3 is 2.67 bits per heavy atom. The Morgan fingerprint density at radius 2 is 1.83 bits per heavy atom. The fourth-order valence-electron chi connectivity index (χ4n) is 10.8. The van der Waals surface area contributed by atoms with Crippen LogP contribution in [0.2, 0.25) is 0 Å². The molecule has 10 rings (SSSR count). The van der Waals surface area contributed by atoms with Gasteiger partial charge in [-0.2, -0.15) is 0 Å². The van der Waals surface area contributed by atoms with Gasteiger partial charge in [-0.3, -0.25) is 4.79 Å². The number of hydrogen-bond acceptors (Lipinski definition) is 6. The minimum atomic E-state index is -0.494. The second-order valence-corrected chi connectivity index (χ2v) is 14.0. The summed E-state index contributed by atoms with van der Waals surface area (Å²) < 4.78 is 24.2. The van der Waals surface area contributed by atoms with E-state index in [0.29, 0.717) is 29.2 Å². The van der Waals surface area contributed by atoms with E-state index in [1.165, 1.54) is 32.1 Å². The van der Waals surface area contributed by atoms with Crippen molar-refractivity contribution in [1.82, 2.24) is 0 Å². The largest absolute Gasteiger partial charge is 0.459 e. The molecule has 36 heavy (non-hydrogen) atoms. The number of fused-ring (bicyclic) bond motifs is 3. The van der Waals surface area contributed by atoms with E-state index in [1.54, 1.807) is 0 Å². The molecule has 0 N–H and O–H groups in total. The van der Waals surface area contributed by atoms with Crippen molar-refractivity contribution >= 4 is 23.1 Å². The van der Waals surface area contributed by atoms with Crippen LogP contribution in [0.15, 0.2) is 4.42 Å². The molecule has 0 spiro atoms.